The molecule has 2 aliphatic rings. The highest BCUT2D eigenvalue weighted by Crippen LogP contribution is 2.35. The van der Waals surface area contributed by atoms with Crippen LogP contribution in [0.5, 0.6) is 5.75 Å². The normalized spacial score (nSPS) is 24.2. The van der Waals surface area contributed by atoms with Gasteiger partial charge in [-0.2, -0.15) is 0 Å². The third-order valence-electron chi connectivity index (χ3n) is 14.6. The van der Waals surface area contributed by atoms with E-state index in [1.807, 2.05) is 65.1 Å². The summed E-state index contributed by atoms with van der Waals surface area (Å²) < 4.78 is 17.4. The van der Waals surface area contributed by atoms with Crippen LogP contribution in [0, 0.1) is 17.8 Å². The lowest BCUT2D eigenvalue weighted by Crippen LogP contribution is -2.63. The van der Waals surface area contributed by atoms with Crippen LogP contribution >= 0.6 is 11.3 Å². The van der Waals surface area contributed by atoms with Gasteiger partial charge in [-0.1, -0.05) is 71.4 Å². The number of rotatable bonds is 26. The highest BCUT2D eigenvalue weighted by atomic mass is 32.1. The number of nitrogens with zero attached hydrogens (tertiary/aromatic N) is 3. The van der Waals surface area contributed by atoms with Crippen molar-refractivity contribution >= 4 is 52.6 Å². The number of ether oxygens (including phenoxy) is 3. The average molecular weight is 1070 g/mol. The molecule has 5 rings (SSSR count). The van der Waals surface area contributed by atoms with Gasteiger partial charge in [0.15, 0.2) is 12.1 Å². The fraction of sp³-hybridized carbons (Fsp3) is 0.604. The van der Waals surface area contributed by atoms with Crippen molar-refractivity contribution in [2.24, 2.45) is 23.5 Å². The van der Waals surface area contributed by atoms with Crippen LogP contribution in [0.25, 0.3) is 0 Å². The van der Waals surface area contributed by atoms with Crippen LogP contribution < -0.4 is 26.4 Å². The molecule has 0 spiro atoms. The Morgan fingerprint density at radius 1 is 0.947 bits per heavy atom. The van der Waals surface area contributed by atoms with Crippen LogP contribution in [-0.2, 0) is 46.4 Å². The number of amides is 4. The van der Waals surface area contributed by atoms with E-state index in [2.05, 4.69) is 20.9 Å². The molecule has 0 saturated carbocycles. The standard InChI is InChI=1S/C53H77N7O14S/c1-9-30(4)42(50(67)59(6)37(29(2)3)26-40(72-8)49-57-36(28-75-49)47(65)55-34(23-31(5)51(68)69)24-32-15-11-10-12-16-32)58-48(66)38-17-13-14-22-60(38,7)27-33-18-19-39(35(25-33)56-41(61)20-21-54)73-53-45(64)43(62)44(63)46(74-53)52(70)71/h10-12,15-16,18-19,25,28-31,34,37-38,40,42-46,53,62-64H,9,13-14,17,20-24,26-27,54H2,1-8H3,(H4-,55,56,58,61,65,66,68,69,70,71)/p+1/t30?,31?,34?,37?,38-,40?,42?,43+,44+,45-,46+,53-,60?/m1/s1. The summed E-state index contributed by atoms with van der Waals surface area (Å²) in [5.41, 5.74) is 7.59. The number of nitrogens with one attached hydrogen (secondary N) is 3. The number of likely N-dealkylation sites (N-methyl/N-ethyl adjacent to an activating group) is 2. The molecule has 4 amide bonds. The number of benzene rings is 2. The van der Waals surface area contributed by atoms with E-state index in [1.54, 1.807) is 43.5 Å². The van der Waals surface area contributed by atoms with Crippen LogP contribution in [0.3, 0.4) is 0 Å². The molecule has 21 nitrogen and oxygen atoms in total. The van der Waals surface area contributed by atoms with Gasteiger partial charge < -0.3 is 70.8 Å². The number of aliphatic hydroxyl groups is 3. The second-order valence-corrected chi connectivity index (χ2v) is 21.5. The van der Waals surface area contributed by atoms with Crippen molar-refractivity contribution < 1.29 is 73.0 Å². The number of thiazole rings is 1. The average Bonchev–Trinajstić information content (AvgIpc) is 3.86. The van der Waals surface area contributed by atoms with E-state index in [-0.39, 0.29) is 70.7 Å². The molecule has 7 unspecified atom stereocenters. The summed E-state index contributed by atoms with van der Waals surface area (Å²) in [6, 6.07) is 12.0. The van der Waals surface area contributed by atoms with Gasteiger partial charge in [-0.05, 0) is 61.3 Å². The zero-order valence-electron chi connectivity index (χ0n) is 44.2. The first kappa shape index (κ1) is 60.3. The summed E-state index contributed by atoms with van der Waals surface area (Å²) in [5.74, 6) is -5.04. The van der Waals surface area contributed by atoms with Gasteiger partial charge in [0.25, 0.3) is 11.8 Å². The number of anilines is 1. The molecule has 2 saturated heterocycles. The van der Waals surface area contributed by atoms with Crippen molar-refractivity contribution in [2.45, 2.75) is 154 Å². The minimum Gasteiger partial charge on any atom is -0.481 e. The van der Waals surface area contributed by atoms with E-state index in [0.717, 1.165) is 18.4 Å². The van der Waals surface area contributed by atoms with Crippen LogP contribution in [0.4, 0.5) is 5.69 Å². The molecule has 2 aliphatic heterocycles. The maximum atomic E-state index is 14.8. The number of aliphatic carboxylic acids is 2. The number of nitrogens with two attached hydrogens (primary N) is 1. The molecular weight excluding hydrogens is 991 g/mol. The van der Waals surface area contributed by atoms with Gasteiger partial charge >= 0.3 is 11.9 Å². The number of quaternary nitrogens is 1. The highest BCUT2D eigenvalue weighted by molar-refractivity contribution is 7.09. The quantitative estimate of drug-likeness (QED) is 0.0520. The summed E-state index contributed by atoms with van der Waals surface area (Å²) in [6.45, 7) is 10.4. The zero-order valence-corrected chi connectivity index (χ0v) is 45.0. The number of methoxy groups -OCH3 is 1. The van der Waals surface area contributed by atoms with Crippen molar-refractivity contribution in [1.82, 2.24) is 20.5 Å². The van der Waals surface area contributed by atoms with Gasteiger partial charge in [-0.25, -0.2) is 9.78 Å². The Morgan fingerprint density at radius 2 is 1.65 bits per heavy atom. The second-order valence-electron chi connectivity index (χ2n) is 20.6. The van der Waals surface area contributed by atoms with Crippen molar-refractivity contribution in [2.75, 3.05) is 39.6 Å². The first-order chi connectivity index (χ1) is 35.5. The molecule has 0 bridgehead atoms. The lowest BCUT2D eigenvalue weighted by molar-refractivity contribution is -0.942. The van der Waals surface area contributed by atoms with Gasteiger partial charge in [0.1, 0.15) is 53.5 Å². The van der Waals surface area contributed by atoms with Gasteiger partial charge in [0.2, 0.25) is 18.1 Å². The molecule has 10 N–H and O–H groups in total. The number of hydrogen-bond donors (Lipinski definition) is 9. The van der Waals surface area contributed by atoms with Gasteiger partial charge in [0, 0.05) is 63.0 Å². The number of aromatic nitrogens is 1. The summed E-state index contributed by atoms with van der Waals surface area (Å²) in [4.78, 5) is 85.9. The Morgan fingerprint density at radius 3 is 2.28 bits per heavy atom. The number of aliphatic hydroxyl groups excluding tert-OH is 3. The van der Waals surface area contributed by atoms with Crippen molar-refractivity contribution in [1.29, 1.82) is 0 Å². The van der Waals surface area contributed by atoms with Crippen LogP contribution in [0.2, 0.25) is 0 Å². The molecule has 75 heavy (non-hydrogen) atoms. The number of hydrogen-bond acceptors (Lipinski definition) is 15. The molecule has 0 radical (unpaired) electrons. The van der Waals surface area contributed by atoms with E-state index >= 15 is 0 Å². The maximum absolute atomic E-state index is 14.8. The summed E-state index contributed by atoms with van der Waals surface area (Å²) in [5, 5.41) is 61.6. The molecule has 3 heterocycles. The summed E-state index contributed by atoms with van der Waals surface area (Å²) in [6.07, 6.45) is -6.30. The third kappa shape index (κ3) is 15.7. The third-order valence-corrected chi connectivity index (χ3v) is 15.6. The van der Waals surface area contributed by atoms with Crippen LogP contribution in [0.1, 0.15) is 112 Å². The van der Waals surface area contributed by atoms with E-state index in [0.29, 0.717) is 49.3 Å². The van der Waals surface area contributed by atoms with E-state index < -0.39 is 84.6 Å². The molecule has 2 fully saturated rings. The van der Waals surface area contributed by atoms with E-state index in [1.165, 1.54) is 17.4 Å². The monoisotopic (exact) mass is 1070 g/mol. The molecule has 414 valence electrons. The van der Waals surface area contributed by atoms with Crippen LogP contribution in [0.15, 0.2) is 53.9 Å². The van der Waals surface area contributed by atoms with Gasteiger partial charge in [-0.3, -0.25) is 24.0 Å². The Labute approximate surface area is 442 Å². The Bertz CT molecular complexity index is 2410. The largest absolute Gasteiger partial charge is 0.481 e. The molecule has 3 aromatic rings. The Kier molecular flexibility index (Phi) is 22.1. The van der Waals surface area contributed by atoms with E-state index in [4.69, 9.17) is 19.9 Å². The first-order valence-corrected chi connectivity index (χ1v) is 26.6. The predicted molar refractivity (Wildman–Crippen MR) is 278 cm³/mol. The Hall–Kier alpha value is -5.59. The fourth-order valence-corrected chi connectivity index (χ4v) is 10.8. The van der Waals surface area contributed by atoms with Crippen LogP contribution in [-0.4, -0.2) is 165 Å². The van der Waals surface area contributed by atoms with Gasteiger partial charge in [-0.15, -0.1) is 11.3 Å². The zero-order chi connectivity index (χ0) is 55.3. The highest BCUT2D eigenvalue weighted by Gasteiger charge is 2.49. The lowest BCUT2D eigenvalue weighted by Gasteiger charge is -2.44. The molecule has 13 atom stereocenters. The molecule has 2 aromatic carbocycles. The molecule has 22 heteroatoms. The smallest absolute Gasteiger partial charge is 0.335 e. The molecular formula is C53H78N7O14S+. The Balaban J connectivity index is 1.32. The number of carbonyl (C=O) groups excluding carboxylic acids is 4. The molecule has 1 aromatic heterocycles. The SMILES string of the molecule is CCC(C)C(NC(=O)[C@H]1CCCC[N+]1(C)Cc1ccc(O[C@@H]2O[C@H](C(=O)O)[C@@H](O)[C@H](O)[C@H]2O)c(NC(=O)CCN)c1)C(=O)N(C)C(CC(OC)c1nc(C(=O)NC(Cc2ccccc2)CC(C)C(=O)O)cs1)C(C)C. The predicted octanol–water partition coefficient (Wildman–Crippen LogP) is 3.44. The van der Waals surface area contributed by atoms with Crippen molar-refractivity contribution in [3.63, 3.8) is 0 Å². The number of likely N-dealkylation sites (tertiary alicyclic amines) is 1. The lowest BCUT2D eigenvalue weighted by atomic mass is 9.92. The number of piperidine rings is 1. The minimum absolute atomic E-state index is 0.0277. The van der Waals surface area contributed by atoms with Crippen molar-refractivity contribution in [3.8, 4) is 5.75 Å². The fourth-order valence-electron chi connectivity index (χ4n) is 9.92. The molecule has 0 aliphatic carbocycles. The second kappa shape index (κ2) is 27.5. The number of carboxylic acid groups (broad SMARTS) is 2. The van der Waals surface area contributed by atoms with Crippen molar-refractivity contribution in [3.05, 3.63) is 75.7 Å². The minimum atomic E-state index is -1.93. The van der Waals surface area contributed by atoms with E-state index in [9.17, 15) is 54.3 Å². The van der Waals surface area contributed by atoms with Gasteiger partial charge in [0.05, 0.1) is 25.2 Å². The topological polar surface area (TPSA) is 310 Å². The maximum Gasteiger partial charge on any atom is 0.335 e. The number of carbonyl (C=O) groups is 6. The summed E-state index contributed by atoms with van der Waals surface area (Å²) in [7, 11) is 5.24. The first-order valence-electron chi connectivity index (χ1n) is 25.7. The number of carboxylic acids is 2. The summed E-state index contributed by atoms with van der Waals surface area (Å²) >= 11 is 1.26.